The van der Waals surface area contributed by atoms with Crippen molar-refractivity contribution in [2.75, 3.05) is 19.5 Å². The number of aryl methyl sites for hydroxylation is 1. The number of nitrogens with one attached hydrogen (secondary N) is 2. The molecule has 1 aromatic carbocycles. The van der Waals surface area contributed by atoms with Crippen molar-refractivity contribution < 1.29 is 14.3 Å². The molecule has 0 atom stereocenters. The van der Waals surface area contributed by atoms with Gasteiger partial charge in [-0.2, -0.15) is 5.10 Å². The van der Waals surface area contributed by atoms with Crippen molar-refractivity contribution in [3.8, 4) is 11.5 Å². The van der Waals surface area contributed by atoms with Crippen LogP contribution in [-0.4, -0.2) is 30.3 Å². The number of carbonyl (C=O) groups excluding carboxylic acids is 1. The molecule has 2 rings (SSSR count). The number of carbonyl (C=O) groups is 1. The maximum atomic E-state index is 12.3. The molecular weight excluding hydrogens is 258 g/mol. The quantitative estimate of drug-likeness (QED) is 0.877. The van der Waals surface area contributed by atoms with Crippen LogP contribution >= 0.6 is 0 Å². The van der Waals surface area contributed by atoms with E-state index >= 15 is 0 Å². The average molecular weight is 275 g/mol. The first-order valence-electron chi connectivity index (χ1n) is 6.26. The number of amides is 1. The fraction of sp³-hybridized carbons (Fsp3) is 0.286. The molecule has 6 nitrogen and oxygen atoms in total. The molecule has 0 spiro atoms. The smallest absolute Gasteiger partial charge is 0.264 e. The summed E-state index contributed by atoms with van der Waals surface area (Å²) >= 11 is 0. The summed E-state index contributed by atoms with van der Waals surface area (Å²) in [5.41, 5.74) is 1.30. The molecule has 0 saturated carbocycles. The Morgan fingerprint density at radius 3 is 2.45 bits per heavy atom. The number of hydrogen-bond donors (Lipinski definition) is 2. The van der Waals surface area contributed by atoms with Crippen LogP contribution in [0.4, 0.5) is 5.82 Å². The predicted molar refractivity (Wildman–Crippen MR) is 75.5 cm³/mol. The highest BCUT2D eigenvalue weighted by molar-refractivity contribution is 6.07. The minimum Gasteiger partial charge on any atom is -0.496 e. The Hall–Kier alpha value is -2.50. The molecule has 2 N–H and O–H groups in total. The summed E-state index contributed by atoms with van der Waals surface area (Å²) in [5.74, 6) is 1.05. The number of ether oxygens (including phenoxy) is 2. The number of rotatable bonds is 5. The van der Waals surface area contributed by atoms with E-state index < -0.39 is 0 Å². The zero-order valence-electron chi connectivity index (χ0n) is 11.7. The monoisotopic (exact) mass is 275 g/mol. The largest absolute Gasteiger partial charge is 0.496 e. The van der Waals surface area contributed by atoms with Crippen molar-refractivity contribution in [3.05, 3.63) is 35.5 Å². The van der Waals surface area contributed by atoms with Gasteiger partial charge in [-0.3, -0.25) is 9.89 Å². The van der Waals surface area contributed by atoms with Crippen molar-refractivity contribution in [1.29, 1.82) is 0 Å². The third kappa shape index (κ3) is 2.74. The van der Waals surface area contributed by atoms with Crippen molar-refractivity contribution in [3.63, 3.8) is 0 Å². The SMILES string of the molecule is CCc1cc(NC(=O)c2c(OC)cccc2OC)n[nH]1. The van der Waals surface area contributed by atoms with E-state index in [1.165, 1.54) is 14.2 Å². The maximum Gasteiger partial charge on any atom is 0.264 e. The number of H-pyrrole nitrogens is 1. The maximum absolute atomic E-state index is 12.3. The molecule has 1 amide bonds. The van der Waals surface area contributed by atoms with Gasteiger partial charge in [-0.05, 0) is 18.6 Å². The van der Waals surface area contributed by atoms with Crippen molar-refractivity contribution in [2.45, 2.75) is 13.3 Å². The highest BCUT2D eigenvalue weighted by Crippen LogP contribution is 2.28. The molecule has 106 valence electrons. The van der Waals surface area contributed by atoms with Gasteiger partial charge in [0.05, 0.1) is 14.2 Å². The van der Waals surface area contributed by atoms with E-state index in [4.69, 9.17) is 9.47 Å². The summed E-state index contributed by atoms with van der Waals surface area (Å²) in [6, 6.07) is 6.97. The van der Waals surface area contributed by atoms with Gasteiger partial charge in [0.1, 0.15) is 17.1 Å². The van der Waals surface area contributed by atoms with Crippen molar-refractivity contribution >= 4 is 11.7 Å². The van der Waals surface area contributed by atoms with Crippen molar-refractivity contribution in [1.82, 2.24) is 10.2 Å². The lowest BCUT2D eigenvalue weighted by molar-refractivity contribution is 0.102. The molecule has 0 aliphatic rings. The predicted octanol–water partition coefficient (Wildman–Crippen LogP) is 2.24. The van der Waals surface area contributed by atoms with Gasteiger partial charge in [0.2, 0.25) is 0 Å². The topological polar surface area (TPSA) is 76.2 Å². The Morgan fingerprint density at radius 2 is 1.95 bits per heavy atom. The molecule has 0 unspecified atom stereocenters. The van der Waals surface area contributed by atoms with Gasteiger partial charge in [0.25, 0.3) is 5.91 Å². The van der Waals surface area contributed by atoms with Gasteiger partial charge in [-0.25, -0.2) is 0 Å². The Morgan fingerprint density at radius 1 is 1.30 bits per heavy atom. The van der Waals surface area contributed by atoms with Crippen LogP contribution in [-0.2, 0) is 6.42 Å². The third-order valence-electron chi connectivity index (χ3n) is 2.91. The van der Waals surface area contributed by atoms with Gasteiger partial charge in [0, 0.05) is 11.8 Å². The number of benzene rings is 1. The summed E-state index contributed by atoms with van der Waals surface area (Å²) in [6.07, 6.45) is 0.820. The van der Waals surface area contributed by atoms with Crippen LogP contribution in [0.25, 0.3) is 0 Å². The number of nitrogens with zero attached hydrogens (tertiary/aromatic N) is 1. The van der Waals surface area contributed by atoms with Gasteiger partial charge in [-0.1, -0.05) is 13.0 Å². The molecule has 0 radical (unpaired) electrons. The zero-order chi connectivity index (χ0) is 14.5. The highest BCUT2D eigenvalue weighted by Gasteiger charge is 2.19. The molecule has 0 aliphatic heterocycles. The lowest BCUT2D eigenvalue weighted by Crippen LogP contribution is -2.14. The number of hydrogen-bond acceptors (Lipinski definition) is 4. The molecule has 0 fully saturated rings. The van der Waals surface area contributed by atoms with Gasteiger partial charge in [0.15, 0.2) is 5.82 Å². The summed E-state index contributed by atoms with van der Waals surface area (Å²) in [6.45, 7) is 2.00. The van der Waals surface area contributed by atoms with Crippen LogP contribution < -0.4 is 14.8 Å². The molecule has 0 saturated heterocycles. The van der Waals surface area contributed by atoms with Gasteiger partial charge >= 0.3 is 0 Å². The Kier molecular flexibility index (Phi) is 4.24. The normalized spacial score (nSPS) is 10.2. The van der Waals surface area contributed by atoms with Crippen LogP contribution in [0.3, 0.4) is 0 Å². The van der Waals surface area contributed by atoms with Crippen LogP contribution in [0.5, 0.6) is 11.5 Å². The molecule has 2 aromatic rings. The third-order valence-corrected chi connectivity index (χ3v) is 2.91. The van der Waals surface area contributed by atoms with Gasteiger partial charge < -0.3 is 14.8 Å². The summed E-state index contributed by atoms with van der Waals surface area (Å²) in [4.78, 5) is 12.3. The standard InChI is InChI=1S/C14H17N3O3/c1-4-9-8-12(17-16-9)15-14(18)13-10(19-2)6-5-7-11(13)20-3/h5-8H,4H2,1-3H3,(H2,15,16,17,18). The Balaban J connectivity index is 2.28. The fourth-order valence-corrected chi connectivity index (χ4v) is 1.86. The van der Waals surface area contributed by atoms with Crippen molar-refractivity contribution in [2.24, 2.45) is 0 Å². The van der Waals surface area contributed by atoms with E-state index in [9.17, 15) is 4.79 Å². The molecule has 0 bridgehead atoms. The van der Waals surface area contributed by atoms with E-state index in [1.54, 1.807) is 24.3 Å². The number of anilines is 1. The van der Waals surface area contributed by atoms with E-state index in [-0.39, 0.29) is 5.91 Å². The first kappa shape index (κ1) is 13.9. The number of aromatic amines is 1. The minimum absolute atomic E-state index is 0.326. The molecule has 1 aromatic heterocycles. The average Bonchev–Trinajstić information content (AvgIpc) is 2.93. The second-order valence-corrected chi connectivity index (χ2v) is 4.12. The van der Waals surface area contributed by atoms with E-state index in [0.29, 0.717) is 22.9 Å². The second-order valence-electron chi connectivity index (χ2n) is 4.12. The Labute approximate surface area is 117 Å². The van der Waals surface area contributed by atoms with Crippen LogP contribution in [0, 0.1) is 0 Å². The molecule has 6 heteroatoms. The number of methoxy groups -OCH3 is 2. The van der Waals surface area contributed by atoms with Crippen LogP contribution in [0.1, 0.15) is 23.0 Å². The van der Waals surface area contributed by atoms with E-state index in [0.717, 1.165) is 12.1 Å². The van der Waals surface area contributed by atoms with Crippen LogP contribution in [0.15, 0.2) is 24.3 Å². The molecule has 1 heterocycles. The lowest BCUT2D eigenvalue weighted by Gasteiger charge is -2.11. The second kappa shape index (κ2) is 6.10. The summed E-state index contributed by atoms with van der Waals surface area (Å²) < 4.78 is 10.4. The summed E-state index contributed by atoms with van der Waals surface area (Å²) in [5, 5.41) is 9.59. The van der Waals surface area contributed by atoms with E-state index in [2.05, 4.69) is 15.5 Å². The highest BCUT2D eigenvalue weighted by atomic mass is 16.5. The molecular formula is C14H17N3O3. The number of aromatic nitrogens is 2. The fourth-order valence-electron chi connectivity index (χ4n) is 1.86. The van der Waals surface area contributed by atoms with Gasteiger partial charge in [-0.15, -0.1) is 0 Å². The summed E-state index contributed by atoms with van der Waals surface area (Å²) in [7, 11) is 3.02. The Bertz CT molecular complexity index is 585. The lowest BCUT2D eigenvalue weighted by atomic mass is 10.1. The molecule has 0 aliphatic carbocycles. The van der Waals surface area contributed by atoms with E-state index in [1.807, 2.05) is 6.92 Å². The minimum atomic E-state index is -0.326. The first-order chi connectivity index (χ1) is 9.69. The first-order valence-corrected chi connectivity index (χ1v) is 6.26. The van der Waals surface area contributed by atoms with Crippen LogP contribution in [0.2, 0.25) is 0 Å². The molecule has 20 heavy (non-hydrogen) atoms. The zero-order valence-corrected chi connectivity index (χ0v) is 11.7.